The monoisotopic (exact) mass is 495 g/mol. The van der Waals surface area contributed by atoms with Gasteiger partial charge in [0.15, 0.2) is 5.78 Å². The normalized spacial score (nSPS) is 13.8. The minimum Gasteiger partial charge on any atom is -0.464 e. The van der Waals surface area contributed by atoms with Crippen molar-refractivity contribution in [3.63, 3.8) is 0 Å². The van der Waals surface area contributed by atoms with Crippen LogP contribution in [0.25, 0.3) is 22.0 Å². The van der Waals surface area contributed by atoms with Crippen molar-refractivity contribution >= 4 is 26.7 Å². The Bertz CT molecular complexity index is 1710. The first-order valence-corrected chi connectivity index (χ1v) is 13.5. The van der Waals surface area contributed by atoms with E-state index in [0.717, 1.165) is 22.9 Å². The minimum absolute atomic E-state index is 0.0486. The van der Waals surface area contributed by atoms with Crippen LogP contribution < -0.4 is 0 Å². The maximum absolute atomic E-state index is 13.7. The molecule has 2 heterocycles. The average Bonchev–Trinajstić information content (AvgIpc) is 3.44. The number of ketones is 1. The lowest BCUT2D eigenvalue weighted by Crippen LogP contribution is -2.12. The zero-order valence-corrected chi connectivity index (χ0v) is 20.7. The Balaban J connectivity index is 1.61. The number of hydrogen-bond donors (Lipinski definition) is 0. The molecule has 1 aliphatic carbocycles. The lowest BCUT2D eigenvalue weighted by atomic mass is 9.89. The van der Waals surface area contributed by atoms with Gasteiger partial charge in [-0.1, -0.05) is 66.2 Å². The minimum atomic E-state index is -3.86. The second-order valence-electron chi connectivity index (χ2n) is 9.31. The summed E-state index contributed by atoms with van der Waals surface area (Å²) >= 11 is 0. The summed E-state index contributed by atoms with van der Waals surface area (Å²) in [6.45, 7) is 1.92. The van der Waals surface area contributed by atoms with Crippen molar-refractivity contribution in [3.8, 4) is 11.1 Å². The average molecular weight is 496 g/mol. The van der Waals surface area contributed by atoms with E-state index in [1.165, 1.54) is 3.97 Å². The third-order valence-corrected chi connectivity index (χ3v) is 8.56. The number of carbonyl (C=O) groups excluding carboxylic acids is 1. The number of Topliss-reactive ketones (excluding diaryl/α,β-unsaturated/α-hetero) is 1. The van der Waals surface area contributed by atoms with E-state index in [1.807, 2.05) is 55.5 Å². The second-order valence-corrected chi connectivity index (χ2v) is 11.1. The first-order chi connectivity index (χ1) is 17.4. The molecular weight excluding hydrogens is 470 g/mol. The van der Waals surface area contributed by atoms with Gasteiger partial charge in [0, 0.05) is 42.0 Å². The van der Waals surface area contributed by atoms with Crippen LogP contribution in [0, 0.1) is 6.92 Å². The van der Waals surface area contributed by atoms with Crippen LogP contribution in [-0.2, 0) is 22.9 Å². The molecule has 5 nitrogen and oxygen atoms in total. The highest BCUT2D eigenvalue weighted by molar-refractivity contribution is 7.90. The summed E-state index contributed by atoms with van der Waals surface area (Å²) in [4.78, 5) is 13.4. The van der Waals surface area contributed by atoms with Crippen molar-refractivity contribution in [2.45, 2.75) is 37.5 Å². The molecule has 5 aromatic rings. The van der Waals surface area contributed by atoms with E-state index in [-0.39, 0.29) is 10.7 Å². The molecule has 0 atom stereocenters. The van der Waals surface area contributed by atoms with Crippen LogP contribution in [0.15, 0.2) is 94.4 Å². The van der Waals surface area contributed by atoms with Gasteiger partial charge in [-0.05, 0) is 37.1 Å². The van der Waals surface area contributed by atoms with Crippen LogP contribution in [0.3, 0.4) is 0 Å². The zero-order chi connectivity index (χ0) is 24.9. The molecule has 2 aromatic heterocycles. The van der Waals surface area contributed by atoms with Crippen LogP contribution in [0.1, 0.15) is 45.8 Å². The van der Waals surface area contributed by atoms with Gasteiger partial charge in [-0.25, -0.2) is 12.4 Å². The fourth-order valence-corrected chi connectivity index (χ4v) is 6.47. The van der Waals surface area contributed by atoms with Crippen LogP contribution >= 0.6 is 0 Å². The highest BCUT2D eigenvalue weighted by atomic mass is 32.2. The molecule has 0 spiro atoms. The zero-order valence-electron chi connectivity index (χ0n) is 19.9. The summed E-state index contributed by atoms with van der Waals surface area (Å²) in [6.07, 6.45) is 4.09. The number of aryl methyl sites for hydroxylation is 2. The second kappa shape index (κ2) is 8.64. The molecule has 180 valence electrons. The number of para-hydroxylation sites is 1. The fraction of sp³-hybridized carbons (Fsp3) is 0.167. The van der Waals surface area contributed by atoms with E-state index < -0.39 is 10.0 Å². The number of hydrogen-bond acceptors (Lipinski definition) is 4. The molecule has 1 aliphatic rings. The van der Waals surface area contributed by atoms with Gasteiger partial charge in [-0.15, -0.1) is 0 Å². The molecule has 0 fully saturated rings. The molecule has 0 bridgehead atoms. The van der Waals surface area contributed by atoms with Gasteiger partial charge >= 0.3 is 0 Å². The number of nitrogens with zero attached hydrogens (tertiary/aromatic N) is 1. The van der Waals surface area contributed by atoms with Gasteiger partial charge in [0.2, 0.25) is 0 Å². The first kappa shape index (κ1) is 22.6. The predicted octanol–water partition coefficient (Wildman–Crippen LogP) is 6.56. The summed E-state index contributed by atoms with van der Waals surface area (Å²) < 4.78 is 35.1. The lowest BCUT2D eigenvalue weighted by Gasteiger charge is -2.10. The Labute approximate surface area is 210 Å². The topological polar surface area (TPSA) is 69.3 Å². The number of carbonyl (C=O) groups is 1. The maximum Gasteiger partial charge on any atom is 0.268 e. The molecule has 0 unspecified atom stereocenters. The molecule has 0 N–H and O–H groups in total. The Kier molecular flexibility index (Phi) is 5.41. The molecule has 0 radical (unpaired) electrons. The largest absolute Gasteiger partial charge is 0.464 e. The lowest BCUT2D eigenvalue weighted by molar-refractivity contribution is 0.0970. The SMILES string of the molecule is Cc1ccc(S(=O)(=O)n2cc(-c3c(Cc4ccccc4)oc4c3C(=O)CCC4)c3ccccc32)cc1. The van der Waals surface area contributed by atoms with Crippen molar-refractivity contribution < 1.29 is 17.6 Å². The molecule has 6 heteroatoms. The van der Waals surface area contributed by atoms with Crippen LogP contribution in [0.5, 0.6) is 0 Å². The Morgan fingerprint density at radius 3 is 2.36 bits per heavy atom. The Morgan fingerprint density at radius 2 is 1.58 bits per heavy atom. The third-order valence-electron chi connectivity index (χ3n) is 6.87. The molecule has 6 rings (SSSR count). The fourth-order valence-electron chi connectivity index (χ4n) is 5.10. The molecule has 36 heavy (non-hydrogen) atoms. The van der Waals surface area contributed by atoms with Crippen LogP contribution in [0.2, 0.25) is 0 Å². The van der Waals surface area contributed by atoms with E-state index in [2.05, 4.69) is 0 Å². The summed E-state index contributed by atoms with van der Waals surface area (Å²) in [6, 6.07) is 24.2. The summed E-state index contributed by atoms with van der Waals surface area (Å²) in [5.74, 6) is 1.44. The first-order valence-electron chi connectivity index (χ1n) is 12.1. The van der Waals surface area contributed by atoms with Crippen LogP contribution in [0.4, 0.5) is 0 Å². The summed E-state index contributed by atoms with van der Waals surface area (Å²) in [7, 11) is -3.86. The quantitative estimate of drug-likeness (QED) is 0.277. The Hall–Kier alpha value is -3.90. The highest BCUT2D eigenvalue weighted by Gasteiger charge is 2.32. The van der Waals surface area contributed by atoms with Gasteiger partial charge in [0.1, 0.15) is 11.5 Å². The van der Waals surface area contributed by atoms with E-state index in [0.29, 0.717) is 53.0 Å². The van der Waals surface area contributed by atoms with Crippen LogP contribution in [-0.4, -0.2) is 18.2 Å². The molecule has 0 saturated carbocycles. The number of benzene rings is 3. The van der Waals surface area contributed by atoms with Gasteiger partial charge < -0.3 is 4.42 Å². The van der Waals surface area contributed by atoms with Crippen molar-refractivity contribution in [2.75, 3.05) is 0 Å². The van der Waals surface area contributed by atoms with E-state index in [1.54, 1.807) is 36.5 Å². The van der Waals surface area contributed by atoms with Crippen molar-refractivity contribution in [2.24, 2.45) is 0 Å². The van der Waals surface area contributed by atoms with Gasteiger partial charge in [-0.2, -0.15) is 0 Å². The number of furan rings is 1. The summed E-state index contributed by atoms with van der Waals surface area (Å²) in [5.41, 5.74) is 4.63. The van der Waals surface area contributed by atoms with E-state index in [4.69, 9.17) is 4.42 Å². The molecule has 3 aromatic carbocycles. The molecule has 0 aliphatic heterocycles. The van der Waals surface area contributed by atoms with Crippen molar-refractivity contribution in [3.05, 3.63) is 113 Å². The van der Waals surface area contributed by atoms with E-state index >= 15 is 0 Å². The van der Waals surface area contributed by atoms with Crippen molar-refractivity contribution in [1.29, 1.82) is 0 Å². The maximum atomic E-state index is 13.7. The van der Waals surface area contributed by atoms with Gasteiger partial charge in [-0.3, -0.25) is 4.79 Å². The predicted molar refractivity (Wildman–Crippen MR) is 140 cm³/mol. The molecular formula is C30H25NO4S. The van der Waals surface area contributed by atoms with E-state index in [9.17, 15) is 13.2 Å². The Morgan fingerprint density at radius 1 is 0.861 bits per heavy atom. The highest BCUT2D eigenvalue weighted by Crippen LogP contribution is 2.42. The third kappa shape index (κ3) is 3.69. The molecule has 0 amide bonds. The summed E-state index contributed by atoms with van der Waals surface area (Å²) in [5, 5.41) is 0.768. The van der Waals surface area contributed by atoms with Gasteiger partial charge in [0.25, 0.3) is 10.0 Å². The number of aromatic nitrogens is 1. The molecule has 0 saturated heterocycles. The smallest absolute Gasteiger partial charge is 0.268 e. The van der Waals surface area contributed by atoms with Crippen molar-refractivity contribution in [1.82, 2.24) is 3.97 Å². The number of fused-ring (bicyclic) bond motifs is 2. The van der Waals surface area contributed by atoms with Gasteiger partial charge in [0.05, 0.1) is 16.0 Å². The number of rotatable bonds is 5. The standard InChI is InChI=1S/C30H25NO4S/c1-20-14-16-22(17-15-20)36(33,34)31-19-24(23-10-5-6-11-25(23)31)29-28(18-21-8-3-2-4-9-21)35-27-13-7-12-26(32)30(27)29/h2-6,8-11,14-17,19H,7,12-13,18H2,1H3.